The zero-order valence-electron chi connectivity index (χ0n) is 15.4. The molecule has 4 N–H and O–H groups in total. The molecule has 0 saturated carbocycles. The Hall–Kier alpha value is -2.52. The Labute approximate surface area is 161 Å². The van der Waals surface area contributed by atoms with Crippen molar-refractivity contribution in [2.45, 2.75) is 63.1 Å². The predicted molar refractivity (Wildman–Crippen MR) is 94.1 cm³/mol. The fraction of sp³-hybridized carbons (Fsp3) is 0.647. The van der Waals surface area contributed by atoms with Crippen LogP contribution in [0.15, 0.2) is 17.1 Å². The third-order valence-electron chi connectivity index (χ3n) is 4.53. The lowest BCUT2D eigenvalue weighted by atomic mass is 10.0. The number of nitriles is 1. The van der Waals surface area contributed by atoms with Crippen molar-refractivity contribution in [3.05, 3.63) is 22.7 Å². The molecule has 1 aromatic heterocycles. The van der Waals surface area contributed by atoms with E-state index >= 15 is 0 Å². The highest BCUT2D eigenvalue weighted by molar-refractivity contribution is 5.69. The van der Waals surface area contributed by atoms with Crippen molar-refractivity contribution in [1.82, 2.24) is 9.55 Å². The smallest absolute Gasteiger partial charge is 0.352 e. The highest BCUT2D eigenvalue weighted by Crippen LogP contribution is 2.36. The van der Waals surface area contributed by atoms with E-state index in [9.17, 15) is 25.1 Å². The second-order valence-corrected chi connectivity index (χ2v) is 6.43. The van der Waals surface area contributed by atoms with Crippen LogP contribution in [0, 0.1) is 11.3 Å². The van der Waals surface area contributed by atoms with E-state index in [0.717, 1.165) is 30.0 Å². The van der Waals surface area contributed by atoms with E-state index in [1.54, 1.807) is 11.5 Å². The molecule has 0 spiro atoms. The standard InChI is InChI=1S/C17H24N4O7/c1-2-3-4-5-6-13(23)27-14-11(9-22)28-17(10-18,15(14)24)21-8-7-12(20-26)19-16(21)25/h7-8,11,14-15,22,24,26H,2-6,9H2,1H3,(H,19,20,25)/t11-,14-,15-,17-/m1/s1. The Bertz CT molecular complexity index is 778. The molecule has 11 heteroatoms. The number of nitrogens with zero attached hydrogens (tertiary/aromatic N) is 3. The zero-order chi connectivity index (χ0) is 20.7. The fourth-order valence-corrected chi connectivity index (χ4v) is 3.05. The van der Waals surface area contributed by atoms with Gasteiger partial charge in [0.2, 0.25) is 0 Å². The van der Waals surface area contributed by atoms with Gasteiger partial charge in [0, 0.05) is 12.6 Å². The van der Waals surface area contributed by atoms with Gasteiger partial charge >= 0.3 is 11.7 Å². The summed E-state index contributed by atoms with van der Waals surface area (Å²) in [7, 11) is 0. The maximum absolute atomic E-state index is 12.2. The van der Waals surface area contributed by atoms with Gasteiger partial charge in [-0.05, 0) is 12.5 Å². The molecule has 0 radical (unpaired) electrons. The van der Waals surface area contributed by atoms with Gasteiger partial charge in [-0.2, -0.15) is 10.2 Å². The van der Waals surface area contributed by atoms with Crippen LogP contribution in [0.1, 0.15) is 39.0 Å². The lowest BCUT2D eigenvalue weighted by molar-refractivity contribution is -0.156. The summed E-state index contributed by atoms with van der Waals surface area (Å²) in [4.78, 5) is 27.8. The minimum Gasteiger partial charge on any atom is -0.456 e. The lowest BCUT2D eigenvalue weighted by Crippen LogP contribution is -2.50. The number of aliphatic hydroxyl groups is 2. The van der Waals surface area contributed by atoms with E-state index in [1.165, 1.54) is 6.07 Å². The molecule has 1 saturated heterocycles. The molecule has 0 amide bonds. The van der Waals surface area contributed by atoms with Crippen molar-refractivity contribution < 1.29 is 29.7 Å². The first-order valence-corrected chi connectivity index (χ1v) is 9.01. The Morgan fingerprint density at radius 2 is 2.25 bits per heavy atom. The number of hydrogen-bond acceptors (Lipinski definition) is 10. The van der Waals surface area contributed by atoms with E-state index in [0.29, 0.717) is 6.42 Å². The number of aliphatic hydroxyl groups excluding tert-OH is 2. The summed E-state index contributed by atoms with van der Waals surface area (Å²) in [6.45, 7) is 1.39. The summed E-state index contributed by atoms with van der Waals surface area (Å²) in [6.07, 6.45) is 0.367. The molecule has 0 aliphatic carbocycles. The second kappa shape index (κ2) is 9.61. The summed E-state index contributed by atoms with van der Waals surface area (Å²) in [6, 6.07) is 2.89. The summed E-state index contributed by atoms with van der Waals surface area (Å²) in [5.74, 6) is -0.767. The molecule has 28 heavy (non-hydrogen) atoms. The number of nitrogens with one attached hydrogen (secondary N) is 1. The number of unbranched alkanes of at least 4 members (excludes halogenated alkanes) is 3. The maximum atomic E-state index is 12.2. The van der Waals surface area contributed by atoms with Crippen molar-refractivity contribution in [2.75, 3.05) is 12.1 Å². The molecular weight excluding hydrogens is 372 g/mol. The number of ether oxygens (including phenoxy) is 2. The van der Waals surface area contributed by atoms with Crippen LogP contribution in [-0.4, -0.2) is 55.9 Å². The van der Waals surface area contributed by atoms with Gasteiger partial charge in [0.15, 0.2) is 18.0 Å². The van der Waals surface area contributed by atoms with E-state index in [2.05, 4.69) is 4.98 Å². The van der Waals surface area contributed by atoms with Crippen molar-refractivity contribution in [1.29, 1.82) is 5.26 Å². The van der Waals surface area contributed by atoms with Crippen LogP contribution in [-0.2, 0) is 20.0 Å². The second-order valence-electron chi connectivity index (χ2n) is 6.43. The van der Waals surface area contributed by atoms with Crippen LogP contribution < -0.4 is 11.2 Å². The predicted octanol–water partition coefficient (Wildman–Crippen LogP) is -0.145. The van der Waals surface area contributed by atoms with Crippen molar-refractivity contribution >= 4 is 11.8 Å². The normalized spacial score (nSPS) is 26.6. The van der Waals surface area contributed by atoms with Gasteiger partial charge in [0.1, 0.15) is 12.2 Å². The van der Waals surface area contributed by atoms with Gasteiger partial charge in [-0.3, -0.25) is 20.0 Å². The molecule has 1 aliphatic heterocycles. The average molecular weight is 396 g/mol. The molecule has 2 heterocycles. The number of carbonyl (C=O) groups is 1. The van der Waals surface area contributed by atoms with Gasteiger partial charge in [-0.25, -0.2) is 4.79 Å². The minimum absolute atomic E-state index is 0.124. The summed E-state index contributed by atoms with van der Waals surface area (Å²) >= 11 is 0. The van der Waals surface area contributed by atoms with E-state index in [1.807, 2.05) is 6.92 Å². The number of aromatic nitrogens is 2. The van der Waals surface area contributed by atoms with Crippen molar-refractivity contribution in [2.24, 2.45) is 0 Å². The van der Waals surface area contributed by atoms with Crippen LogP contribution >= 0.6 is 0 Å². The molecule has 1 aromatic rings. The van der Waals surface area contributed by atoms with Gasteiger partial charge in [-0.15, -0.1) is 0 Å². The average Bonchev–Trinajstić information content (AvgIpc) is 2.97. The Morgan fingerprint density at radius 1 is 1.50 bits per heavy atom. The molecular formula is C17H24N4O7. The fourth-order valence-electron chi connectivity index (χ4n) is 3.05. The quantitative estimate of drug-likeness (QED) is 0.250. The Kier molecular flexibility index (Phi) is 7.47. The Morgan fingerprint density at radius 3 is 2.82 bits per heavy atom. The van der Waals surface area contributed by atoms with Gasteiger partial charge in [0.05, 0.1) is 6.61 Å². The molecule has 0 bridgehead atoms. The topological polar surface area (TPSA) is 167 Å². The minimum atomic E-state index is -2.25. The number of rotatable bonds is 9. The molecule has 4 atom stereocenters. The number of esters is 1. The van der Waals surface area contributed by atoms with Gasteiger partial charge in [-0.1, -0.05) is 26.2 Å². The van der Waals surface area contributed by atoms with E-state index < -0.39 is 42.3 Å². The van der Waals surface area contributed by atoms with Crippen molar-refractivity contribution in [3.63, 3.8) is 0 Å². The molecule has 154 valence electrons. The summed E-state index contributed by atoms with van der Waals surface area (Å²) in [5, 5.41) is 38.7. The SMILES string of the molecule is CCCCCCC(=O)O[C@H]1[C@@H](O)[C@](C#N)(n2ccc(NO)nc2=O)O[C@@H]1CO. The third kappa shape index (κ3) is 4.31. The first-order chi connectivity index (χ1) is 13.4. The maximum Gasteiger partial charge on any atom is 0.352 e. The number of anilines is 1. The molecule has 0 unspecified atom stereocenters. The van der Waals surface area contributed by atoms with Crippen LogP contribution in [0.4, 0.5) is 5.82 Å². The molecule has 11 nitrogen and oxygen atoms in total. The first kappa shape index (κ1) is 21.8. The van der Waals surface area contributed by atoms with E-state index in [4.69, 9.17) is 14.7 Å². The highest BCUT2D eigenvalue weighted by Gasteiger charge is 2.59. The highest BCUT2D eigenvalue weighted by atomic mass is 16.6. The van der Waals surface area contributed by atoms with Crippen LogP contribution in [0.25, 0.3) is 0 Å². The number of carbonyl (C=O) groups excluding carboxylic acids is 1. The van der Waals surface area contributed by atoms with Crippen LogP contribution in [0.2, 0.25) is 0 Å². The monoisotopic (exact) mass is 396 g/mol. The van der Waals surface area contributed by atoms with Crippen LogP contribution in [0.5, 0.6) is 0 Å². The molecule has 2 rings (SSSR count). The molecule has 1 fully saturated rings. The van der Waals surface area contributed by atoms with Crippen molar-refractivity contribution in [3.8, 4) is 6.07 Å². The summed E-state index contributed by atoms with van der Waals surface area (Å²) < 4.78 is 11.4. The zero-order valence-corrected chi connectivity index (χ0v) is 15.4. The largest absolute Gasteiger partial charge is 0.456 e. The van der Waals surface area contributed by atoms with Gasteiger partial charge in [0.25, 0.3) is 5.72 Å². The third-order valence-corrected chi connectivity index (χ3v) is 4.53. The number of hydrogen-bond donors (Lipinski definition) is 4. The lowest BCUT2D eigenvalue weighted by Gasteiger charge is -2.26. The summed E-state index contributed by atoms with van der Waals surface area (Å²) in [5.41, 5.74) is -1.56. The van der Waals surface area contributed by atoms with Crippen LogP contribution in [0.3, 0.4) is 0 Å². The molecule has 1 aliphatic rings. The first-order valence-electron chi connectivity index (χ1n) is 9.01. The molecule has 0 aromatic carbocycles. The van der Waals surface area contributed by atoms with Gasteiger partial charge < -0.3 is 19.7 Å². The Balaban J connectivity index is 2.23. The van der Waals surface area contributed by atoms with E-state index in [-0.39, 0.29) is 12.2 Å².